The van der Waals surface area contributed by atoms with Gasteiger partial charge in [0.25, 0.3) is 0 Å². The first kappa shape index (κ1) is 59.8. The van der Waals surface area contributed by atoms with E-state index in [1.807, 2.05) is 0 Å². The third-order valence-corrected chi connectivity index (χ3v) is 12.7. The first-order chi connectivity index (χ1) is 29.8. The summed E-state index contributed by atoms with van der Waals surface area (Å²) in [5, 5.41) is 12.8. The number of aliphatic hydroxyl groups is 1. The van der Waals surface area contributed by atoms with Crippen LogP contribution in [0, 0.1) is 0 Å². The van der Waals surface area contributed by atoms with Crippen molar-refractivity contribution in [3.05, 3.63) is 12.2 Å². The second-order valence-electron chi connectivity index (χ2n) is 17.9. The smallest absolute Gasteiger partial charge is 0.463 e. The van der Waals surface area contributed by atoms with Crippen LogP contribution >= 0.6 is 7.82 Å². The molecular formula is C51H100NO8P. The number of ether oxygens (including phenoxy) is 1. The molecule has 0 saturated heterocycles. The van der Waals surface area contributed by atoms with Gasteiger partial charge in [-0.05, 0) is 38.5 Å². The van der Waals surface area contributed by atoms with Gasteiger partial charge in [-0.2, -0.15) is 0 Å². The van der Waals surface area contributed by atoms with Crippen molar-refractivity contribution in [2.75, 3.05) is 26.4 Å². The summed E-state index contributed by atoms with van der Waals surface area (Å²) in [5.41, 5.74) is 0. The average Bonchev–Trinajstić information content (AvgIpc) is 3.25. The molecular weight excluding hydrogens is 786 g/mol. The molecule has 3 N–H and O–H groups in total. The van der Waals surface area contributed by atoms with E-state index in [1.54, 1.807) is 0 Å². The van der Waals surface area contributed by atoms with Crippen molar-refractivity contribution in [3.63, 3.8) is 0 Å². The van der Waals surface area contributed by atoms with E-state index < -0.39 is 26.5 Å². The first-order valence-electron chi connectivity index (χ1n) is 26.2. The van der Waals surface area contributed by atoms with E-state index in [0.717, 1.165) is 38.5 Å². The number of aliphatic hydroxyl groups excluding tert-OH is 1. The van der Waals surface area contributed by atoms with Crippen LogP contribution in [0.5, 0.6) is 0 Å². The predicted octanol–water partition coefficient (Wildman–Crippen LogP) is 15.3. The first-order valence-corrected chi connectivity index (χ1v) is 27.7. The Morgan fingerprint density at radius 3 is 1.23 bits per heavy atom. The van der Waals surface area contributed by atoms with Crippen LogP contribution in [0.1, 0.15) is 271 Å². The lowest BCUT2D eigenvalue weighted by molar-refractivity contribution is -0.147. The molecule has 362 valence electrons. The molecule has 0 fully saturated rings. The van der Waals surface area contributed by atoms with Crippen molar-refractivity contribution in [1.82, 2.24) is 5.32 Å². The van der Waals surface area contributed by atoms with Crippen LogP contribution < -0.4 is 5.32 Å². The number of esters is 1. The van der Waals surface area contributed by atoms with Crippen molar-refractivity contribution in [2.24, 2.45) is 0 Å². The summed E-state index contributed by atoms with van der Waals surface area (Å²) >= 11 is 0. The molecule has 0 aliphatic heterocycles. The van der Waals surface area contributed by atoms with E-state index in [4.69, 9.17) is 13.8 Å². The maximum Gasteiger partial charge on any atom is 0.472 e. The molecule has 0 rings (SSSR count). The quantitative estimate of drug-likeness (QED) is 0.0238. The van der Waals surface area contributed by atoms with E-state index in [0.29, 0.717) is 6.42 Å². The minimum absolute atomic E-state index is 0.0870. The number of nitrogens with one attached hydrogen (secondary N) is 1. The fourth-order valence-corrected chi connectivity index (χ4v) is 8.49. The molecule has 2 unspecified atom stereocenters. The van der Waals surface area contributed by atoms with Crippen LogP contribution in [0.4, 0.5) is 0 Å². The number of carbonyl (C=O) groups is 2. The maximum absolute atomic E-state index is 12.1. The Kier molecular flexibility index (Phi) is 47.2. The molecule has 0 aliphatic rings. The highest BCUT2D eigenvalue weighted by molar-refractivity contribution is 7.47. The molecule has 9 nitrogen and oxygen atoms in total. The molecule has 10 heteroatoms. The van der Waals surface area contributed by atoms with E-state index in [9.17, 15) is 24.2 Å². The van der Waals surface area contributed by atoms with E-state index in [-0.39, 0.29) is 32.1 Å². The van der Waals surface area contributed by atoms with Crippen molar-refractivity contribution < 1.29 is 37.9 Å². The second-order valence-corrected chi connectivity index (χ2v) is 19.3. The van der Waals surface area contributed by atoms with Crippen LogP contribution in [0.2, 0.25) is 0 Å². The van der Waals surface area contributed by atoms with Gasteiger partial charge in [-0.3, -0.25) is 18.6 Å². The molecule has 61 heavy (non-hydrogen) atoms. The van der Waals surface area contributed by atoms with Crippen LogP contribution in [0.15, 0.2) is 12.2 Å². The largest absolute Gasteiger partial charge is 0.472 e. The fraction of sp³-hybridized carbons (Fsp3) is 0.922. The molecule has 0 aromatic rings. The molecule has 0 radical (unpaired) electrons. The zero-order chi connectivity index (χ0) is 44.6. The zero-order valence-electron chi connectivity index (χ0n) is 40.1. The van der Waals surface area contributed by atoms with Gasteiger partial charge in [0.2, 0.25) is 5.91 Å². The molecule has 1 amide bonds. The number of rotatable bonds is 50. The predicted molar refractivity (Wildman–Crippen MR) is 257 cm³/mol. The lowest BCUT2D eigenvalue weighted by Gasteiger charge is -2.15. The molecule has 0 aliphatic carbocycles. The SMILES string of the molecule is CCCCCCCC/C=C/CCCCCCCCCCCC(=O)OCC(O)COP(=O)(O)OCCNC(=O)CCCCCCCCCCCCCCCCCCCCCCC. The lowest BCUT2D eigenvalue weighted by Crippen LogP contribution is -2.27. The minimum atomic E-state index is -4.42. The van der Waals surface area contributed by atoms with E-state index in [1.165, 1.54) is 205 Å². The average molecular weight is 886 g/mol. The van der Waals surface area contributed by atoms with Gasteiger partial charge in [-0.15, -0.1) is 0 Å². The van der Waals surface area contributed by atoms with Crippen LogP contribution in [-0.2, 0) is 27.9 Å². The zero-order valence-corrected chi connectivity index (χ0v) is 41.0. The summed E-state index contributed by atoms with van der Waals surface area (Å²) in [5.74, 6) is -0.504. The molecule has 0 aromatic carbocycles. The lowest BCUT2D eigenvalue weighted by atomic mass is 10.0. The van der Waals surface area contributed by atoms with Gasteiger partial charge in [0.05, 0.1) is 13.2 Å². The van der Waals surface area contributed by atoms with Gasteiger partial charge in [0.15, 0.2) is 0 Å². The number of allylic oxidation sites excluding steroid dienone is 2. The summed E-state index contributed by atoms with van der Waals surface area (Å²) < 4.78 is 27.0. The third-order valence-electron chi connectivity index (χ3n) is 11.7. The molecule has 0 heterocycles. The minimum Gasteiger partial charge on any atom is -0.463 e. The summed E-state index contributed by atoms with van der Waals surface area (Å²) in [4.78, 5) is 34.1. The summed E-state index contributed by atoms with van der Waals surface area (Å²) in [6.07, 6.45) is 53.0. The van der Waals surface area contributed by atoms with E-state index >= 15 is 0 Å². The highest BCUT2D eigenvalue weighted by Gasteiger charge is 2.23. The van der Waals surface area contributed by atoms with Crippen LogP contribution in [0.3, 0.4) is 0 Å². The Hall–Kier alpha value is -1.25. The fourth-order valence-electron chi connectivity index (χ4n) is 7.73. The maximum atomic E-state index is 12.1. The van der Waals surface area contributed by atoms with Crippen LogP contribution in [0.25, 0.3) is 0 Å². The summed E-state index contributed by atoms with van der Waals surface area (Å²) in [7, 11) is -4.42. The Balaban J connectivity index is 3.51. The topological polar surface area (TPSA) is 131 Å². The number of phosphoric acid groups is 1. The van der Waals surface area contributed by atoms with Crippen molar-refractivity contribution >= 4 is 19.7 Å². The van der Waals surface area contributed by atoms with Gasteiger partial charge in [0.1, 0.15) is 12.7 Å². The Morgan fingerprint density at radius 2 is 0.836 bits per heavy atom. The number of hydrogen-bond acceptors (Lipinski definition) is 7. The van der Waals surface area contributed by atoms with Gasteiger partial charge in [-0.25, -0.2) is 4.57 Å². The molecule has 0 saturated carbocycles. The van der Waals surface area contributed by atoms with Gasteiger partial charge >= 0.3 is 13.8 Å². The molecule has 0 spiro atoms. The molecule has 0 bridgehead atoms. The van der Waals surface area contributed by atoms with Gasteiger partial charge in [-0.1, -0.05) is 231 Å². The molecule has 0 aromatic heterocycles. The molecule has 2 atom stereocenters. The Bertz CT molecular complexity index is 1010. The highest BCUT2D eigenvalue weighted by Crippen LogP contribution is 2.42. The van der Waals surface area contributed by atoms with Crippen LogP contribution in [-0.4, -0.2) is 54.3 Å². The van der Waals surface area contributed by atoms with Crippen molar-refractivity contribution in [3.8, 4) is 0 Å². The number of phosphoric ester groups is 1. The van der Waals surface area contributed by atoms with Crippen molar-refractivity contribution in [2.45, 2.75) is 277 Å². The number of unbranched alkanes of at least 4 members (excludes halogenated alkanes) is 35. The standard InChI is InChI=1S/C51H100NO8P/c1-3-5-7-9-11-13-15-17-19-21-23-24-26-27-29-31-33-35-37-39-41-43-50(54)52-45-46-59-61(56,57)60-48-49(53)47-58-51(55)44-42-40-38-36-34-32-30-28-25-22-20-18-16-14-12-10-8-6-4-2/h18,20,49,53H,3-17,19,21-48H2,1-2H3,(H,52,54)(H,56,57)/b20-18+. The van der Waals surface area contributed by atoms with E-state index in [2.05, 4.69) is 31.3 Å². The highest BCUT2D eigenvalue weighted by atomic mass is 31.2. The normalized spacial score (nSPS) is 13.2. The number of amides is 1. The van der Waals surface area contributed by atoms with Gasteiger partial charge < -0.3 is 20.1 Å². The Morgan fingerprint density at radius 1 is 0.492 bits per heavy atom. The third kappa shape index (κ3) is 49.6. The summed E-state index contributed by atoms with van der Waals surface area (Å²) in [6.45, 7) is 3.61. The Labute approximate surface area is 377 Å². The number of hydrogen-bond donors (Lipinski definition) is 3. The van der Waals surface area contributed by atoms with Crippen molar-refractivity contribution in [1.29, 1.82) is 0 Å². The summed E-state index contributed by atoms with van der Waals surface area (Å²) in [6, 6.07) is 0. The monoisotopic (exact) mass is 886 g/mol. The van der Waals surface area contributed by atoms with Gasteiger partial charge in [0, 0.05) is 19.4 Å². The second kappa shape index (κ2) is 48.2. The number of carbonyl (C=O) groups excluding carboxylic acids is 2.